The average Bonchev–Trinajstić information content (AvgIpc) is 2.68. The summed E-state index contributed by atoms with van der Waals surface area (Å²) in [6.07, 6.45) is 0.324. The third kappa shape index (κ3) is 4.54. The van der Waals surface area contributed by atoms with Crippen LogP contribution < -0.4 is 5.32 Å². The van der Waals surface area contributed by atoms with Crippen LogP contribution in [0.1, 0.15) is 15.9 Å². The number of ether oxygens (including phenoxy) is 1. The maximum Gasteiger partial charge on any atom is 0.411 e. The molecular weight excluding hydrogens is 314 g/mol. The summed E-state index contributed by atoms with van der Waals surface area (Å²) in [5, 5.41) is 2.70. The number of amides is 1. The van der Waals surface area contributed by atoms with Gasteiger partial charge >= 0.3 is 6.09 Å². The number of rotatable bonds is 5. The Morgan fingerprint density at radius 3 is 2.04 bits per heavy atom. The van der Waals surface area contributed by atoms with E-state index in [1.165, 1.54) is 0 Å². The maximum atomic E-state index is 11.8. The number of anilines is 1. The van der Waals surface area contributed by atoms with Gasteiger partial charge in [0.15, 0.2) is 0 Å². The molecule has 0 saturated heterocycles. The van der Waals surface area contributed by atoms with Crippen LogP contribution in [0.3, 0.4) is 0 Å². The smallest absolute Gasteiger partial charge is 0.411 e. The molecule has 1 amide bonds. The molecule has 124 valence electrons. The predicted molar refractivity (Wildman–Crippen MR) is 97.5 cm³/mol. The van der Waals surface area contributed by atoms with E-state index in [1.807, 2.05) is 66.7 Å². The fourth-order valence-corrected chi connectivity index (χ4v) is 2.38. The van der Waals surface area contributed by atoms with Crippen molar-refractivity contribution in [2.24, 2.45) is 0 Å². The van der Waals surface area contributed by atoms with Gasteiger partial charge in [-0.1, -0.05) is 66.7 Å². The largest absolute Gasteiger partial charge is 0.444 e. The number of benzene rings is 3. The summed E-state index contributed by atoms with van der Waals surface area (Å²) in [4.78, 5) is 22.5. The summed E-state index contributed by atoms with van der Waals surface area (Å²) in [5.74, 6) is 0. The van der Waals surface area contributed by atoms with Crippen molar-refractivity contribution in [3.05, 3.63) is 90.0 Å². The van der Waals surface area contributed by atoms with Crippen molar-refractivity contribution in [3.8, 4) is 11.1 Å². The molecule has 0 aliphatic rings. The molecule has 0 fully saturated rings. The van der Waals surface area contributed by atoms with Crippen molar-refractivity contribution in [2.75, 3.05) is 5.32 Å². The van der Waals surface area contributed by atoms with Crippen LogP contribution in [0.5, 0.6) is 0 Å². The van der Waals surface area contributed by atoms with Crippen LogP contribution in [0, 0.1) is 0 Å². The van der Waals surface area contributed by atoms with E-state index in [-0.39, 0.29) is 6.61 Å². The molecule has 0 bridgehead atoms. The van der Waals surface area contributed by atoms with Gasteiger partial charge in [0, 0.05) is 11.3 Å². The monoisotopic (exact) mass is 331 g/mol. The van der Waals surface area contributed by atoms with Crippen molar-refractivity contribution in [2.45, 2.75) is 6.61 Å². The summed E-state index contributed by atoms with van der Waals surface area (Å²) < 4.78 is 5.19. The zero-order valence-corrected chi connectivity index (χ0v) is 13.5. The lowest BCUT2D eigenvalue weighted by Crippen LogP contribution is -2.13. The lowest BCUT2D eigenvalue weighted by Gasteiger charge is -2.08. The predicted octanol–water partition coefficient (Wildman–Crippen LogP) is 4.91. The first kappa shape index (κ1) is 16.5. The van der Waals surface area contributed by atoms with E-state index in [0.717, 1.165) is 23.0 Å². The van der Waals surface area contributed by atoms with Gasteiger partial charge in [-0.25, -0.2) is 4.79 Å². The Morgan fingerprint density at radius 1 is 0.840 bits per heavy atom. The molecule has 3 aromatic carbocycles. The molecule has 0 aliphatic carbocycles. The Morgan fingerprint density at radius 2 is 1.44 bits per heavy atom. The van der Waals surface area contributed by atoms with E-state index in [2.05, 4.69) is 5.32 Å². The molecule has 4 nitrogen and oxygen atoms in total. The minimum atomic E-state index is -0.494. The minimum absolute atomic E-state index is 0.230. The summed E-state index contributed by atoms with van der Waals surface area (Å²) in [7, 11) is 0. The molecule has 0 radical (unpaired) electrons. The van der Waals surface area contributed by atoms with Crippen LogP contribution in [0.15, 0.2) is 78.9 Å². The van der Waals surface area contributed by atoms with Gasteiger partial charge in [-0.05, 0) is 28.8 Å². The van der Waals surface area contributed by atoms with Crippen LogP contribution in [0.4, 0.5) is 10.5 Å². The Bertz CT molecular complexity index is 841. The molecule has 3 rings (SSSR count). The van der Waals surface area contributed by atoms with Crippen molar-refractivity contribution < 1.29 is 14.3 Å². The van der Waals surface area contributed by atoms with Gasteiger partial charge in [-0.3, -0.25) is 10.1 Å². The first-order valence-corrected chi connectivity index (χ1v) is 7.88. The van der Waals surface area contributed by atoms with Crippen LogP contribution in [-0.4, -0.2) is 12.4 Å². The van der Waals surface area contributed by atoms with E-state index in [1.54, 1.807) is 12.1 Å². The van der Waals surface area contributed by atoms with E-state index >= 15 is 0 Å². The van der Waals surface area contributed by atoms with Crippen molar-refractivity contribution in [3.63, 3.8) is 0 Å². The first-order chi connectivity index (χ1) is 12.2. The number of carbonyl (C=O) groups is 2. The van der Waals surface area contributed by atoms with E-state index in [4.69, 9.17) is 4.74 Å². The highest BCUT2D eigenvalue weighted by Gasteiger charge is 2.04. The topological polar surface area (TPSA) is 55.4 Å². The quantitative estimate of drug-likeness (QED) is 0.676. The number of hydrogen-bond donors (Lipinski definition) is 1. The second kappa shape index (κ2) is 7.93. The zero-order valence-electron chi connectivity index (χ0n) is 13.5. The van der Waals surface area contributed by atoms with Crippen molar-refractivity contribution in [1.29, 1.82) is 0 Å². The lowest BCUT2D eigenvalue weighted by molar-refractivity contribution is 0.112. The molecular formula is C21H17NO3. The molecule has 1 N–H and O–H groups in total. The Labute approximate surface area is 146 Å². The van der Waals surface area contributed by atoms with Gasteiger partial charge in [-0.2, -0.15) is 0 Å². The van der Waals surface area contributed by atoms with Gasteiger partial charge in [0.1, 0.15) is 12.9 Å². The molecule has 0 atom stereocenters. The minimum Gasteiger partial charge on any atom is -0.444 e. The maximum absolute atomic E-state index is 11.8. The van der Waals surface area contributed by atoms with Crippen molar-refractivity contribution >= 4 is 18.1 Å². The number of carbonyl (C=O) groups excluding carboxylic acids is 2. The summed E-state index contributed by atoms with van der Waals surface area (Å²) in [6.45, 7) is 0.230. The third-order valence-corrected chi connectivity index (χ3v) is 3.72. The molecule has 0 aliphatic heterocycles. The fourth-order valence-electron chi connectivity index (χ4n) is 2.38. The number of nitrogens with one attached hydrogen (secondary N) is 1. The second-order valence-corrected chi connectivity index (χ2v) is 5.50. The molecule has 0 saturated carbocycles. The van der Waals surface area contributed by atoms with Gasteiger partial charge < -0.3 is 4.74 Å². The fraction of sp³-hybridized carbons (Fsp3) is 0.0476. The van der Waals surface area contributed by atoms with Crippen LogP contribution in [0.2, 0.25) is 0 Å². The van der Waals surface area contributed by atoms with E-state index < -0.39 is 6.09 Å². The highest BCUT2D eigenvalue weighted by atomic mass is 16.5. The summed E-state index contributed by atoms with van der Waals surface area (Å²) in [6, 6.07) is 24.3. The number of hydrogen-bond acceptors (Lipinski definition) is 3. The molecule has 0 heterocycles. The molecule has 0 aromatic heterocycles. The van der Waals surface area contributed by atoms with Crippen LogP contribution >= 0.6 is 0 Å². The summed E-state index contributed by atoms with van der Waals surface area (Å²) in [5.41, 5.74) is 4.24. The third-order valence-electron chi connectivity index (χ3n) is 3.72. The number of aldehydes is 1. The average molecular weight is 331 g/mol. The molecule has 0 spiro atoms. The Kier molecular flexibility index (Phi) is 5.22. The van der Waals surface area contributed by atoms with Gasteiger partial charge in [0.2, 0.25) is 0 Å². The molecule has 4 heteroatoms. The Balaban J connectivity index is 1.58. The van der Waals surface area contributed by atoms with Crippen LogP contribution in [-0.2, 0) is 11.3 Å². The SMILES string of the molecule is O=Cc1ccc(-c2ccc(NC(=O)OCc3ccccc3)cc2)cc1. The van der Waals surface area contributed by atoms with Crippen LogP contribution in [0.25, 0.3) is 11.1 Å². The van der Waals surface area contributed by atoms with E-state index in [9.17, 15) is 9.59 Å². The highest BCUT2D eigenvalue weighted by molar-refractivity contribution is 5.85. The summed E-state index contributed by atoms with van der Waals surface area (Å²) >= 11 is 0. The molecule has 25 heavy (non-hydrogen) atoms. The lowest BCUT2D eigenvalue weighted by atomic mass is 10.0. The molecule has 0 unspecified atom stereocenters. The Hall–Kier alpha value is -3.40. The molecule has 3 aromatic rings. The van der Waals surface area contributed by atoms with Gasteiger partial charge in [0.05, 0.1) is 0 Å². The van der Waals surface area contributed by atoms with Crippen molar-refractivity contribution in [1.82, 2.24) is 0 Å². The van der Waals surface area contributed by atoms with E-state index in [0.29, 0.717) is 11.3 Å². The van der Waals surface area contributed by atoms with Gasteiger partial charge in [0.25, 0.3) is 0 Å². The first-order valence-electron chi connectivity index (χ1n) is 7.88. The second-order valence-electron chi connectivity index (χ2n) is 5.50. The van der Waals surface area contributed by atoms with Gasteiger partial charge in [-0.15, -0.1) is 0 Å². The normalized spacial score (nSPS) is 10.1. The zero-order chi connectivity index (χ0) is 17.5. The highest BCUT2D eigenvalue weighted by Crippen LogP contribution is 2.21. The standard InChI is InChI=1S/C21H17NO3/c23-14-16-6-8-18(9-7-16)19-10-12-20(13-11-19)22-21(24)25-15-17-4-2-1-3-5-17/h1-14H,15H2,(H,22,24).